The van der Waals surface area contributed by atoms with Crippen molar-refractivity contribution in [2.45, 2.75) is 18.9 Å². The van der Waals surface area contributed by atoms with Crippen LogP contribution in [0.25, 0.3) is 0 Å². The first-order valence-corrected chi connectivity index (χ1v) is 6.23. The van der Waals surface area contributed by atoms with E-state index in [2.05, 4.69) is 0 Å². The number of ether oxygens (including phenoxy) is 2. The Hall–Kier alpha value is -1.55. The second kappa shape index (κ2) is 5.87. The van der Waals surface area contributed by atoms with Gasteiger partial charge in [0.25, 0.3) is 5.91 Å². The summed E-state index contributed by atoms with van der Waals surface area (Å²) in [6.07, 6.45) is 2.40. The van der Waals surface area contributed by atoms with Gasteiger partial charge in [-0.15, -0.1) is 0 Å². The first-order chi connectivity index (χ1) is 8.66. The number of carbonyl (C=O) groups is 1. The van der Waals surface area contributed by atoms with E-state index in [0.717, 1.165) is 25.2 Å². The second-order valence-electron chi connectivity index (χ2n) is 4.67. The van der Waals surface area contributed by atoms with E-state index in [4.69, 9.17) is 9.47 Å². The van der Waals surface area contributed by atoms with Gasteiger partial charge in [-0.05, 0) is 37.1 Å². The van der Waals surface area contributed by atoms with Crippen LogP contribution in [-0.2, 0) is 4.74 Å². The van der Waals surface area contributed by atoms with E-state index in [1.807, 2.05) is 12.1 Å². The third-order valence-corrected chi connectivity index (χ3v) is 2.97. The summed E-state index contributed by atoms with van der Waals surface area (Å²) in [6, 6.07) is 7.22. The van der Waals surface area contributed by atoms with E-state index in [-0.39, 0.29) is 12.0 Å². The molecule has 1 aliphatic heterocycles. The molecule has 0 spiro atoms. The van der Waals surface area contributed by atoms with Crippen molar-refractivity contribution in [3.63, 3.8) is 0 Å². The van der Waals surface area contributed by atoms with E-state index in [9.17, 15) is 4.79 Å². The summed E-state index contributed by atoms with van der Waals surface area (Å²) in [5.74, 6) is 0.779. The molecule has 1 aromatic rings. The molecule has 2 rings (SSSR count). The van der Waals surface area contributed by atoms with Crippen molar-refractivity contribution in [3.05, 3.63) is 29.8 Å². The van der Waals surface area contributed by atoms with Crippen molar-refractivity contribution in [3.8, 4) is 5.75 Å². The first-order valence-electron chi connectivity index (χ1n) is 6.23. The highest BCUT2D eigenvalue weighted by atomic mass is 16.5. The normalized spacial score (nSPS) is 18.7. The Morgan fingerprint density at radius 2 is 2.11 bits per heavy atom. The van der Waals surface area contributed by atoms with Gasteiger partial charge in [-0.1, -0.05) is 0 Å². The monoisotopic (exact) mass is 249 g/mol. The van der Waals surface area contributed by atoms with Crippen molar-refractivity contribution in [2.75, 3.05) is 27.3 Å². The van der Waals surface area contributed by atoms with Crippen molar-refractivity contribution in [1.82, 2.24) is 4.90 Å². The standard InChI is InChI=1S/C14H19NO3/c1-15(2)14(16)11-5-7-12(8-6-11)18-10-13-4-3-9-17-13/h5-8,13H,3-4,9-10H2,1-2H3. The van der Waals surface area contributed by atoms with Crippen LogP contribution in [0.4, 0.5) is 0 Å². The molecule has 1 saturated heterocycles. The van der Waals surface area contributed by atoms with Gasteiger partial charge < -0.3 is 14.4 Å². The molecule has 0 saturated carbocycles. The molecule has 98 valence electrons. The predicted molar refractivity (Wildman–Crippen MR) is 68.9 cm³/mol. The highest BCUT2D eigenvalue weighted by molar-refractivity contribution is 5.93. The summed E-state index contributed by atoms with van der Waals surface area (Å²) in [7, 11) is 3.48. The fourth-order valence-corrected chi connectivity index (χ4v) is 1.92. The number of nitrogens with zero attached hydrogens (tertiary/aromatic N) is 1. The molecule has 0 aliphatic carbocycles. The largest absolute Gasteiger partial charge is 0.491 e. The maximum absolute atomic E-state index is 11.7. The van der Waals surface area contributed by atoms with Crippen molar-refractivity contribution >= 4 is 5.91 Å². The Morgan fingerprint density at radius 3 is 2.67 bits per heavy atom. The minimum Gasteiger partial charge on any atom is -0.491 e. The molecule has 18 heavy (non-hydrogen) atoms. The minimum atomic E-state index is 0.000626. The number of hydrogen-bond donors (Lipinski definition) is 0. The molecule has 0 N–H and O–H groups in total. The molecule has 4 nitrogen and oxygen atoms in total. The van der Waals surface area contributed by atoms with Gasteiger partial charge in [0.1, 0.15) is 12.4 Å². The van der Waals surface area contributed by atoms with Gasteiger partial charge in [-0.25, -0.2) is 0 Å². The molecule has 1 unspecified atom stereocenters. The zero-order valence-corrected chi connectivity index (χ0v) is 10.9. The molecule has 0 radical (unpaired) electrons. The SMILES string of the molecule is CN(C)C(=O)c1ccc(OCC2CCCO2)cc1. The van der Waals surface area contributed by atoms with Crippen LogP contribution in [-0.4, -0.2) is 44.2 Å². The predicted octanol–water partition coefficient (Wildman–Crippen LogP) is 1.95. The number of carbonyl (C=O) groups excluding carboxylic acids is 1. The quantitative estimate of drug-likeness (QED) is 0.818. The number of benzene rings is 1. The molecule has 1 aromatic carbocycles. The van der Waals surface area contributed by atoms with Gasteiger partial charge >= 0.3 is 0 Å². The Balaban J connectivity index is 1.89. The number of rotatable bonds is 4. The Labute approximate surface area is 107 Å². The molecule has 1 heterocycles. The third kappa shape index (κ3) is 3.23. The maximum atomic E-state index is 11.7. The van der Waals surface area contributed by atoms with Crippen LogP contribution in [0, 0.1) is 0 Å². The van der Waals surface area contributed by atoms with Crippen LogP contribution < -0.4 is 4.74 Å². The van der Waals surface area contributed by atoms with Gasteiger partial charge in [0.05, 0.1) is 6.10 Å². The van der Waals surface area contributed by atoms with E-state index >= 15 is 0 Å². The average Bonchev–Trinajstić information content (AvgIpc) is 2.89. The lowest BCUT2D eigenvalue weighted by Crippen LogP contribution is -2.21. The molecule has 4 heteroatoms. The fraction of sp³-hybridized carbons (Fsp3) is 0.500. The van der Waals surface area contributed by atoms with E-state index in [1.54, 1.807) is 31.1 Å². The minimum absolute atomic E-state index is 0.000626. The Morgan fingerprint density at radius 1 is 1.39 bits per heavy atom. The van der Waals surface area contributed by atoms with Crippen LogP contribution in [0.3, 0.4) is 0 Å². The highest BCUT2D eigenvalue weighted by Gasteiger charge is 2.16. The summed E-state index contributed by atoms with van der Waals surface area (Å²) >= 11 is 0. The summed E-state index contributed by atoms with van der Waals surface area (Å²) < 4.78 is 11.1. The van der Waals surface area contributed by atoms with Gasteiger partial charge in [-0.2, -0.15) is 0 Å². The van der Waals surface area contributed by atoms with Gasteiger partial charge in [0.2, 0.25) is 0 Å². The lowest BCUT2D eigenvalue weighted by atomic mass is 10.2. The van der Waals surface area contributed by atoms with Crippen LogP contribution in [0.15, 0.2) is 24.3 Å². The summed E-state index contributed by atoms with van der Waals surface area (Å²) in [5, 5.41) is 0. The maximum Gasteiger partial charge on any atom is 0.253 e. The lowest BCUT2D eigenvalue weighted by molar-refractivity contribution is 0.0679. The van der Waals surface area contributed by atoms with E-state index in [1.165, 1.54) is 0 Å². The topological polar surface area (TPSA) is 38.8 Å². The van der Waals surface area contributed by atoms with Crippen LogP contribution >= 0.6 is 0 Å². The number of hydrogen-bond acceptors (Lipinski definition) is 3. The molecule has 1 amide bonds. The van der Waals surface area contributed by atoms with Crippen molar-refractivity contribution < 1.29 is 14.3 Å². The zero-order valence-electron chi connectivity index (χ0n) is 10.9. The summed E-state index contributed by atoms with van der Waals surface area (Å²) in [6.45, 7) is 1.42. The third-order valence-electron chi connectivity index (χ3n) is 2.97. The van der Waals surface area contributed by atoms with E-state index < -0.39 is 0 Å². The van der Waals surface area contributed by atoms with Gasteiger partial charge in [-0.3, -0.25) is 4.79 Å². The van der Waals surface area contributed by atoms with Crippen molar-refractivity contribution in [1.29, 1.82) is 0 Å². The van der Waals surface area contributed by atoms with Crippen molar-refractivity contribution in [2.24, 2.45) is 0 Å². The summed E-state index contributed by atoms with van der Waals surface area (Å²) in [5.41, 5.74) is 0.671. The van der Waals surface area contributed by atoms with Gasteiger partial charge in [0, 0.05) is 26.3 Å². The lowest BCUT2D eigenvalue weighted by Gasteiger charge is -2.13. The number of amides is 1. The van der Waals surface area contributed by atoms with E-state index in [0.29, 0.717) is 12.2 Å². The second-order valence-corrected chi connectivity index (χ2v) is 4.67. The molecule has 0 bridgehead atoms. The van der Waals surface area contributed by atoms with Gasteiger partial charge in [0.15, 0.2) is 0 Å². The Kier molecular flexibility index (Phi) is 4.20. The average molecular weight is 249 g/mol. The van der Waals surface area contributed by atoms with Crippen LogP contribution in [0.1, 0.15) is 23.2 Å². The molecule has 1 aliphatic rings. The Bertz CT molecular complexity index is 394. The summed E-state index contributed by atoms with van der Waals surface area (Å²) in [4.78, 5) is 13.2. The first kappa shape index (κ1) is 12.9. The molecule has 1 atom stereocenters. The molecular weight excluding hydrogens is 230 g/mol. The smallest absolute Gasteiger partial charge is 0.253 e. The molecular formula is C14H19NO3. The fourth-order valence-electron chi connectivity index (χ4n) is 1.92. The highest BCUT2D eigenvalue weighted by Crippen LogP contribution is 2.17. The molecule has 1 fully saturated rings. The molecule has 0 aromatic heterocycles. The van der Waals surface area contributed by atoms with Crippen LogP contribution in [0.2, 0.25) is 0 Å². The van der Waals surface area contributed by atoms with Crippen LogP contribution in [0.5, 0.6) is 5.75 Å². The zero-order chi connectivity index (χ0) is 13.0.